The van der Waals surface area contributed by atoms with E-state index in [9.17, 15) is 0 Å². The molecule has 0 spiro atoms. The van der Waals surface area contributed by atoms with E-state index >= 15 is 0 Å². The summed E-state index contributed by atoms with van der Waals surface area (Å²) in [7, 11) is 0. The molecule has 0 aliphatic rings. The van der Waals surface area contributed by atoms with Gasteiger partial charge in [0.1, 0.15) is 0 Å². The number of hydrogen-bond acceptors (Lipinski definition) is 5. The summed E-state index contributed by atoms with van der Waals surface area (Å²) in [6.07, 6.45) is 0. The highest BCUT2D eigenvalue weighted by Gasteiger charge is 2.13. The Kier molecular flexibility index (Phi) is 4.14. The lowest BCUT2D eigenvalue weighted by molar-refractivity contribution is 0.425. The van der Waals surface area contributed by atoms with Gasteiger partial charge in [0.05, 0.1) is 16.3 Å². The molecule has 18 heavy (non-hydrogen) atoms. The van der Waals surface area contributed by atoms with Crippen molar-refractivity contribution in [2.24, 2.45) is 0 Å². The Labute approximate surface area is 115 Å². The second-order valence-corrected chi connectivity index (χ2v) is 6.09. The van der Waals surface area contributed by atoms with Crippen molar-refractivity contribution >= 4 is 29.1 Å². The Hall–Kier alpha value is -1.20. The van der Waals surface area contributed by atoms with Crippen LogP contribution >= 0.6 is 23.4 Å². The second kappa shape index (κ2) is 5.63. The zero-order valence-corrected chi connectivity index (χ0v) is 11.8. The van der Waals surface area contributed by atoms with E-state index in [-0.39, 0.29) is 0 Å². The first-order valence-electron chi connectivity index (χ1n) is 5.56. The molecule has 4 nitrogen and oxygen atoms in total. The van der Waals surface area contributed by atoms with Crippen LogP contribution in [0.5, 0.6) is 0 Å². The van der Waals surface area contributed by atoms with Crippen molar-refractivity contribution < 1.29 is 4.52 Å². The quantitative estimate of drug-likeness (QED) is 0.868. The van der Waals surface area contributed by atoms with Crippen LogP contribution in [0.2, 0.25) is 5.02 Å². The van der Waals surface area contributed by atoms with Crippen LogP contribution in [0.4, 0.5) is 5.69 Å². The van der Waals surface area contributed by atoms with Crippen LogP contribution in [-0.4, -0.2) is 15.4 Å². The van der Waals surface area contributed by atoms with Gasteiger partial charge in [-0.3, -0.25) is 0 Å². The lowest BCUT2D eigenvalue weighted by Crippen LogP contribution is -1.91. The Morgan fingerprint density at radius 2 is 2.22 bits per heavy atom. The minimum atomic E-state index is 0.409. The van der Waals surface area contributed by atoms with E-state index in [2.05, 4.69) is 24.0 Å². The molecule has 0 bridgehead atoms. The highest BCUT2D eigenvalue weighted by atomic mass is 35.5. The summed E-state index contributed by atoms with van der Waals surface area (Å²) in [5.74, 6) is 1.80. The maximum Gasteiger partial charge on any atom is 0.259 e. The molecular formula is C12H14ClN3OS. The topological polar surface area (TPSA) is 64.9 Å². The standard InChI is InChI=1S/C12H14ClN3OS/c1-7(2)18-6-11-15-12(17-16-11)9-5-8(14)3-4-10(9)13/h3-5,7H,6,14H2,1-2H3. The fraction of sp³-hybridized carbons (Fsp3) is 0.333. The summed E-state index contributed by atoms with van der Waals surface area (Å²) >= 11 is 7.84. The summed E-state index contributed by atoms with van der Waals surface area (Å²) in [5.41, 5.74) is 7.01. The van der Waals surface area contributed by atoms with Gasteiger partial charge in [-0.05, 0) is 23.4 Å². The van der Waals surface area contributed by atoms with E-state index in [1.807, 2.05) is 0 Å². The van der Waals surface area contributed by atoms with Crippen LogP contribution < -0.4 is 5.73 Å². The van der Waals surface area contributed by atoms with Gasteiger partial charge in [0.15, 0.2) is 5.82 Å². The van der Waals surface area contributed by atoms with E-state index in [0.717, 1.165) is 5.75 Å². The molecule has 0 amide bonds. The molecule has 2 N–H and O–H groups in total. The average molecular weight is 284 g/mol. The Morgan fingerprint density at radius 1 is 1.44 bits per heavy atom. The number of aromatic nitrogens is 2. The number of hydrogen-bond donors (Lipinski definition) is 1. The zero-order chi connectivity index (χ0) is 13.1. The third-order valence-electron chi connectivity index (χ3n) is 2.23. The molecule has 0 atom stereocenters. The first kappa shape index (κ1) is 13.2. The Morgan fingerprint density at radius 3 is 2.94 bits per heavy atom. The van der Waals surface area contributed by atoms with Gasteiger partial charge in [0.2, 0.25) is 0 Å². The fourth-order valence-electron chi connectivity index (χ4n) is 1.37. The summed E-state index contributed by atoms with van der Waals surface area (Å²) in [5, 5.41) is 5.01. The largest absolute Gasteiger partial charge is 0.399 e. The summed E-state index contributed by atoms with van der Waals surface area (Å²) in [4.78, 5) is 4.32. The van der Waals surface area contributed by atoms with Crippen molar-refractivity contribution in [3.05, 3.63) is 29.0 Å². The van der Waals surface area contributed by atoms with Gasteiger partial charge in [-0.25, -0.2) is 0 Å². The molecule has 0 radical (unpaired) electrons. The molecular weight excluding hydrogens is 270 g/mol. The summed E-state index contributed by atoms with van der Waals surface area (Å²) < 4.78 is 5.20. The van der Waals surface area contributed by atoms with Crippen molar-refractivity contribution in [1.82, 2.24) is 10.1 Å². The molecule has 2 rings (SSSR count). The maximum absolute atomic E-state index is 6.08. The molecule has 0 aliphatic heterocycles. The summed E-state index contributed by atoms with van der Waals surface area (Å²) in [6, 6.07) is 5.19. The van der Waals surface area contributed by atoms with Crippen LogP contribution in [0.3, 0.4) is 0 Å². The summed E-state index contributed by atoms with van der Waals surface area (Å²) in [6.45, 7) is 4.25. The molecule has 0 saturated carbocycles. The van der Waals surface area contributed by atoms with E-state index in [1.54, 1.807) is 30.0 Å². The number of rotatable bonds is 4. The number of nitrogens with zero attached hydrogens (tertiary/aromatic N) is 2. The van der Waals surface area contributed by atoms with Gasteiger partial charge in [-0.15, -0.1) is 0 Å². The highest BCUT2D eigenvalue weighted by molar-refractivity contribution is 7.99. The molecule has 0 fully saturated rings. The van der Waals surface area contributed by atoms with Crippen molar-refractivity contribution in [2.45, 2.75) is 24.9 Å². The lowest BCUT2D eigenvalue weighted by Gasteiger charge is -2.00. The van der Waals surface area contributed by atoms with Crippen molar-refractivity contribution in [3.8, 4) is 11.5 Å². The molecule has 1 aromatic carbocycles. The lowest BCUT2D eigenvalue weighted by atomic mass is 10.2. The number of nitrogens with two attached hydrogens (primary N) is 1. The highest BCUT2D eigenvalue weighted by Crippen LogP contribution is 2.29. The Bertz CT molecular complexity index is 542. The monoisotopic (exact) mass is 283 g/mol. The molecule has 96 valence electrons. The van der Waals surface area contributed by atoms with Crippen LogP contribution in [-0.2, 0) is 5.75 Å². The van der Waals surface area contributed by atoms with Crippen LogP contribution in [0.15, 0.2) is 22.7 Å². The van der Waals surface area contributed by atoms with Gasteiger partial charge in [0, 0.05) is 5.69 Å². The van der Waals surface area contributed by atoms with Crippen LogP contribution in [0.25, 0.3) is 11.5 Å². The molecule has 2 aromatic rings. The number of benzene rings is 1. The number of anilines is 1. The molecule has 1 heterocycles. The molecule has 0 saturated heterocycles. The first-order valence-corrected chi connectivity index (χ1v) is 6.98. The van der Waals surface area contributed by atoms with Crippen molar-refractivity contribution in [2.75, 3.05) is 5.73 Å². The minimum absolute atomic E-state index is 0.409. The van der Waals surface area contributed by atoms with Gasteiger partial charge in [-0.2, -0.15) is 16.7 Å². The van der Waals surface area contributed by atoms with Crippen LogP contribution in [0, 0.1) is 0 Å². The number of halogens is 1. The molecule has 0 aliphatic carbocycles. The van der Waals surface area contributed by atoms with Gasteiger partial charge in [0.25, 0.3) is 5.89 Å². The zero-order valence-electron chi connectivity index (χ0n) is 10.2. The second-order valence-electron chi connectivity index (χ2n) is 4.11. The minimum Gasteiger partial charge on any atom is -0.399 e. The molecule has 6 heteroatoms. The number of thioether (sulfide) groups is 1. The average Bonchev–Trinajstić information content (AvgIpc) is 2.78. The van der Waals surface area contributed by atoms with E-state index in [4.69, 9.17) is 21.9 Å². The SMILES string of the molecule is CC(C)SCc1noc(-c2cc(N)ccc2Cl)n1. The van der Waals surface area contributed by atoms with Crippen molar-refractivity contribution in [3.63, 3.8) is 0 Å². The third kappa shape index (κ3) is 3.17. The normalized spacial score (nSPS) is 11.1. The smallest absolute Gasteiger partial charge is 0.259 e. The first-order chi connectivity index (χ1) is 8.56. The number of nitrogen functional groups attached to an aromatic ring is 1. The van der Waals surface area contributed by atoms with E-state index in [0.29, 0.717) is 33.2 Å². The van der Waals surface area contributed by atoms with E-state index in [1.165, 1.54) is 0 Å². The third-order valence-corrected chi connectivity index (χ3v) is 3.66. The van der Waals surface area contributed by atoms with Gasteiger partial charge in [-0.1, -0.05) is 30.6 Å². The Balaban J connectivity index is 2.21. The predicted octanol–water partition coefficient (Wildman–Crippen LogP) is 3.61. The van der Waals surface area contributed by atoms with Gasteiger partial charge < -0.3 is 10.3 Å². The van der Waals surface area contributed by atoms with Crippen molar-refractivity contribution in [1.29, 1.82) is 0 Å². The fourth-order valence-corrected chi connectivity index (χ4v) is 2.17. The van der Waals surface area contributed by atoms with E-state index < -0.39 is 0 Å². The maximum atomic E-state index is 6.08. The van der Waals surface area contributed by atoms with Gasteiger partial charge >= 0.3 is 0 Å². The molecule has 0 unspecified atom stereocenters. The predicted molar refractivity (Wildman–Crippen MR) is 75.6 cm³/mol. The van der Waals surface area contributed by atoms with Crippen LogP contribution in [0.1, 0.15) is 19.7 Å². The molecule has 1 aromatic heterocycles.